The molecule has 25 heavy (non-hydrogen) atoms. The van der Waals surface area contributed by atoms with Crippen LogP contribution in [0.5, 0.6) is 5.75 Å². The van der Waals surface area contributed by atoms with Gasteiger partial charge in [0.1, 0.15) is 16.7 Å². The van der Waals surface area contributed by atoms with Crippen molar-refractivity contribution in [1.29, 1.82) is 0 Å². The van der Waals surface area contributed by atoms with E-state index in [1.54, 1.807) is 24.3 Å². The smallest absolute Gasteiger partial charge is 0.263 e. The zero-order valence-corrected chi connectivity index (χ0v) is 16.4. The highest BCUT2D eigenvalue weighted by molar-refractivity contribution is 8.26. The van der Waals surface area contributed by atoms with E-state index in [1.807, 2.05) is 18.2 Å². The molecule has 0 unspecified atom stereocenters. The summed E-state index contributed by atoms with van der Waals surface area (Å²) in [6.45, 7) is 0.231. The van der Waals surface area contributed by atoms with Crippen molar-refractivity contribution < 1.29 is 9.53 Å². The lowest BCUT2D eigenvalue weighted by atomic mass is 10.1. The van der Waals surface area contributed by atoms with E-state index in [0.717, 1.165) is 5.56 Å². The molecule has 128 valence electrons. The van der Waals surface area contributed by atoms with Crippen LogP contribution in [0.15, 0.2) is 41.3 Å². The Kier molecular flexibility index (Phi) is 5.92. The van der Waals surface area contributed by atoms with Gasteiger partial charge in [-0.2, -0.15) is 0 Å². The Labute approximate surface area is 169 Å². The van der Waals surface area contributed by atoms with Crippen molar-refractivity contribution in [2.24, 2.45) is 0 Å². The summed E-state index contributed by atoms with van der Waals surface area (Å²) in [7, 11) is 0. The van der Waals surface area contributed by atoms with Crippen LogP contribution < -0.4 is 10.1 Å². The number of nitrogens with one attached hydrogen (secondary N) is 1. The predicted molar refractivity (Wildman–Crippen MR) is 109 cm³/mol. The number of hydrogen-bond acceptors (Lipinski definition) is 4. The Hall–Kier alpha value is -1.24. The minimum Gasteiger partial charge on any atom is -0.487 e. The molecule has 1 N–H and O–H groups in total. The van der Waals surface area contributed by atoms with Crippen LogP contribution in [-0.4, -0.2) is 10.2 Å². The monoisotopic (exact) mass is 429 g/mol. The van der Waals surface area contributed by atoms with Crippen LogP contribution in [0.4, 0.5) is 0 Å². The molecule has 0 aromatic heterocycles. The minimum absolute atomic E-state index is 0.231. The van der Waals surface area contributed by atoms with Crippen molar-refractivity contribution in [1.82, 2.24) is 5.32 Å². The van der Waals surface area contributed by atoms with Gasteiger partial charge >= 0.3 is 0 Å². The fraction of sp³-hybridized carbons (Fsp3) is 0.0588. The lowest BCUT2D eigenvalue weighted by Crippen LogP contribution is -2.17. The molecule has 2 aromatic carbocycles. The molecule has 1 heterocycles. The third kappa shape index (κ3) is 4.49. The lowest BCUT2D eigenvalue weighted by molar-refractivity contribution is -0.115. The highest BCUT2D eigenvalue weighted by Gasteiger charge is 2.23. The van der Waals surface area contributed by atoms with Crippen molar-refractivity contribution in [3.05, 3.63) is 67.5 Å². The Bertz CT molecular complexity index is 899. The standard InChI is InChI=1S/C17H10Cl3NO2S2/c18-11-5-10(6-14-16(22)21-17(24)25-14)15(13(20)7-11)23-8-9-3-1-2-4-12(9)19/h1-7H,8H2,(H,21,22,24)/b14-6-. The van der Waals surface area contributed by atoms with E-state index in [-0.39, 0.29) is 12.5 Å². The topological polar surface area (TPSA) is 38.3 Å². The van der Waals surface area contributed by atoms with Gasteiger partial charge in [-0.25, -0.2) is 0 Å². The number of amides is 1. The number of thiocarbonyl (C=S) groups is 1. The Balaban J connectivity index is 1.93. The number of carbonyl (C=O) groups is 1. The fourth-order valence-electron chi connectivity index (χ4n) is 2.17. The summed E-state index contributed by atoms with van der Waals surface area (Å²) in [5.74, 6) is 0.160. The van der Waals surface area contributed by atoms with Crippen molar-refractivity contribution in [3.63, 3.8) is 0 Å². The molecule has 3 rings (SSSR count). The van der Waals surface area contributed by atoms with Gasteiger partial charge in [-0.05, 0) is 24.3 Å². The number of carbonyl (C=O) groups excluding carboxylic acids is 1. The molecule has 8 heteroatoms. The summed E-state index contributed by atoms with van der Waals surface area (Å²) in [6, 6.07) is 10.6. The maximum Gasteiger partial charge on any atom is 0.263 e. The fourth-order valence-corrected chi connectivity index (χ4v) is 3.96. The third-order valence-corrected chi connectivity index (χ3v) is 5.33. The molecule has 2 aromatic rings. The first-order chi connectivity index (χ1) is 11.9. The Morgan fingerprint density at radius 1 is 1.16 bits per heavy atom. The highest BCUT2D eigenvalue weighted by Crippen LogP contribution is 2.37. The van der Waals surface area contributed by atoms with Gasteiger partial charge in [0, 0.05) is 21.2 Å². The summed E-state index contributed by atoms with van der Waals surface area (Å²) in [6.07, 6.45) is 1.65. The number of halogens is 3. The van der Waals surface area contributed by atoms with E-state index >= 15 is 0 Å². The quantitative estimate of drug-likeness (QED) is 0.498. The molecule has 1 saturated heterocycles. The lowest BCUT2D eigenvalue weighted by Gasteiger charge is -2.13. The number of benzene rings is 2. The summed E-state index contributed by atoms with van der Waals surface area (Å²) < 4.78 is 6.27. The number of ether oxygens (including phenoxy) is 1. The van der Waals surface area contributed by atoms with Crippen LogP contribution in [0.3, 0.4) is 0 Å². The van der Waals surface area contributed by atoms with Crippen LogP contribution >= 0.6 is 58.8 Å². The van der Waals surface area contributed by atoms with Crippen molar-refractivity contribution in [3.8, 4) is 5.75 Å². The van der Waals surface area contributed by atoms with Gasteiger partial charge in [-0.3, -0.25) is 4.79 Å². The van der Waals surface area contributed by atoms with E-state index in [0.29, 0.717) is 35.6 Å². The summed E-state index contributed by atoms with van der Waals surface area (Å²) in [5.41, 5.74) is 1.41. The summed E-state index contributed by atoms with van der Waals surface area (Å²) in [4.78, 5) is 12.3. The van der Waals surface area contributed by atoms with Crippen LogP contribution in [0, 0.1) is 0 Å². The summed E-state index contributed by atoms with van der Waals surface area (Å²) in [5, 5.41) is 3.95. The average Bonchev–Trinajstić information content (AvgIpc) is 2.85. The highest BCUT2D eigenvalue weighted by atomic mass is 35.5. The molecule has 1 aliphatic heterocycles. The molecule has 0 radical (unpaired) electrons. The van der Waals surface area contributed by atoms with Gasteiger partial charge in [0.15, 0.2) is 0 Å². The van der Waals surface area contributed by atoms with Crippen molar-refractivity contribution in [2.75, 3.05) is 0 Å². The molecule has 0 atom stereocenters. The minimum atomic E-state index is -0.261. The van der Waals surface area contributed by atoms with Crippen molar-refractivity contribution in [2.45, 2.75) is 6.61 Å². The first kappa shape index (κ1) is 18.5. The second-order valence-corrected chi connectivity index (χ2v) is 8.01. The maximum absolute atomic E-state index is 11.9. The summed E-state index contributed by atoms with van der Waals surface area (Å²) >= 11 is 24.7. The first-order valence-electron chi connectivity index (χ1n) is 7.04. The average molecular weight is 431 g/mol. The molecule has 0 spiro atoms. The Morgan fingerprint density at radius 3 is 2.60 bits per heavy atom. The second-order valence-electron chi connectivity index (χ2n) is 5.04. The Morgan fingerprint density at radius 2 is 1.92 bits per heavy atom. The SMILES string of the molecule is O=C1NC(=S)S/C1=C\c1cc(Cl)cc(Cl)c1OCc1ccccc1Cl. The van der Waals surface area contributed by atoms with Gasteiger partial charge < -0.3 is 10.1 Å². The van der Waals surface area contributed by atoms with E-state index in [4.69, 9.17) is 51.8 Å². The zero-order chi connectivity index (χ0) is 18.0. The third-order valence-electron chi connectivity index (χ3n) is 3.30. The van der Waals surface area contributed by atoms with Gasteiger partial charge in [0.05, 0.1) is 9.93 Å². The van der Waals surface area contributed by atoms with Gasteiger partial charge in [0.25, 0.3) is 5.91 Å². The molecule has 1 fully saturated rings. The molecule has 0 aliphatic carbocycles. The van der Waals surface area contributed by atoms with Gasteiger partial charge in [-0.15, -0.1) is 0 Å². The van der Waals surface area contributed by atoms with Crippen LogP contribution in [0.1, 0.15) is 11.1 Å². The molecule has 0 saturated carbocycles. The van der Waals surface area contributed by atoms with Crippen LogP contribution in [0.2, 0.25) is 15.1 Å². The normalized spacial score (nSPS) is 15.6. The number of hydrogen-bond donors (Lipinski definition) is 1. The largest absolute Gasteiger partial charge is 0.487 e. The van der Waals surface area contributed by atoms with E-state index < -0.39 is 0 Å². The van der Waals surface area contributed by atoms with Gasteiger partial charge in [-0.1, -0.05) is 77.0 Å². The van der Waals surface area contributed by atoms with E-state index in [1.165, 1.54) is 11.8 Å². The molecular weight excluding hydrogens is 421 g/mol. The molecular formula is C17H10Cl3NO2S2. The van der Waals surface area contributed by atoms with Crippen molar-refractivity contribution >= 4 is 75.1 Å². The second kappa shape index (κ2) is 7.98. The molecule has 1 amide bonds. The van der Waals surface area contributed by atoms with Crippen LogP contribution in [-0.2, 0) is 11.4 Å². The van der Waals surface area contributed by atoms with E-state index in [9.17, 15) is 4.79 Å². The molecule has 3 nitrogen and oxygen atoms in total. The van der Waals surface area contributed by atoms with Crippen LogP contribution in [0.25, 0.3) is 6.08 Å². The number of thioether (sulfide) groups is 1. The predicted octanol–water partition coefficient (Wildman–Crippen LogP) is 5.71. The van der Waals surface area contributed by atoms with Gasteiger partial charge in [0.2, 0.25) is 0 Å². The molecule has 1 aliphatic rings. The maximum atomic E-state index is 11.9. The number of rotatable bonds is 4. The zero-order valence-electron chi connectivity index (χ0n) is 12.5. The van der Waals surface area contributed by atoms with E-state index in [2.05, 4.69) is 5.32 Å². The first-order valence-corrected chi connectivity index (χ1v) is 9.40. The molecule has 0 bridgehead atoms.